The minimum Gasteiger partial charge on any atom is -0.312 e. The first-order valence-electron chi connectivity index (χ1n) is 10.7. The van der Waals surface area contributed by atoms with Crippen LogP contribution in [0.1, 0.15) is 47.8 Å². The standard InChI is InChI=1S/C22H31N5O/c1-16-9-20(24(2)23-16)15-26-11-17-10-19(14-26)21-6-5-18(22(28)27(21)12-17)13-25-7-3-4-8-25/h5-6,9,17,19H,3-4,7-8,10-15H2,1-2H3/t17-,19+/m0/s1. The van der Waals surface area contributed by atoms with E-state index in [2.05, 4.69) is 44.6 Å². The Kier molecular flexibility index (Phi) is 4.63. The topological polar surface area (TPSA) is 46.3 Å². The van der Waals surface area contributed by atoms with Crippen molar-refractivity contribution in [3.8, 4) is 0 Å². The molecule has 2 aromatic rings. The largest absolute Gasteiger partial charge is 0.312 e. The summed E-state index contributed by atoms with van der Waals surface area (Å²) in [6.45, 7) is 9.07. The quantitative estimate of drug-likeness (QED) is 0.814. The average molecular weight is 382 g/mol. The van der Waals surface area contributed by atoms with Crippen molar-refractivity contribution in [2.24, 2.45) is 13.0 Å². The van der Waals surface area contributed by atoms with Crippen molar-refractivity contribution in [1.29, 1.82) is 0 Å². The van der Waals surface area contributed by atoms with Crippen LogP contribution in [0.2, 0.25) is 0 Å². The van der Waals surface area contributed by atoms with E-state index in [1.165, 1.54) is 30.7 Å². The Balaban J connectivity index is 1.36. The van der Waals surface area contributed by atoms with Crippen molar-refractivity contribution in [1.82, 2.24) is 24.1 Å². The smallest absolute Gasteiger partial charge is 0.255 e. The summed E-state index contributed by atoms with van der Waals surface area (Å²) in [5, 5.41) is 4.49. The van der Waals surface area contributed by atoms with Gasteiger partial charge in [-0.1, -0.05) is 6.07 Å². The molecule has 2 fully saturated rings. The van der Waals surface area contributed by atoms with Crippen LogP contribution in [0, 0.1) is 12.8 Å². The van der Waals surface area contributed by atoms with Crippen molar-refractivity contribution in [3.05, 3.63) is 51.2 Å². The van der Waals surface area contributed by atoms with Crippen molar-refractivity contribution in [2.45, 2.75) is 51.7 Å². The summed E-state index contributed by atoms with van der Waals surface area (Å²) in [5.74, 6) is 1.04. The molecule has 0 unspecified atom stereocenters. The third-order valence-electron chi connectivity index (χ3n) is 6.84. The maximum atomic E-state index is 13.2. The number of pyridine rings is 1. The van der Waals surface area contributed by atoms with E-state index in [1.807, 2.05) is 11.7 Å². The van der Waals surface area contributed by atoms with Gasteiger partial charge in [-0.3, -0.25) is 19.3 Å². The van der Waals surface area contributed by atoms with E-state index < -0.39 is 0 Å². The van der Waals surface area contributed by atoms with Crippen LogP contribution in [0.15, 0.2) is 23.0 Å². The van der Waals surface area contributed by atoms with Gasteiger partial charge in [-0.2, -0.15) is 5.10 Å². The van der Waals surface area contributed by atoms with Crippen LogP contribution in [0.3, 0.4) is 0 Å². The fraction of sp³-hybridized carbons (Fsp3) is 0.636. The second-order valence-electron chi connectivity index (χ2n) is 9.08. The monoisotopic (exact) mass is 381 g/mol. The van der Waals surface area contributed by atoms with Gasteiger partial charge in [0.05, 0.1) is 11.4 Å². The molecule has 0 saturated carbocycles. The molecular formula is C22H31N5O. The Morgan fingerprint density at radius 1 is 1.07 bits per heavy atom. The van der Waals surface area contributed by atoms with Gasteiger partial charge in [-0.25, -0.2) is 0 Å². The van der Waals surface area contributed by atoms with Gasteiger partial charge in [0.1, 0.15) is 0 Å². The van der Waals surface area contributed by atoms with Gasteiger partial charge in [-0.15, -0.1) is 0 Å². The summed E-state index contributed by atoms with van der Waals surface area (Å²) in [7, 11) is 2.03. The highest BCUT2D eigenvalue weighted by atomic mass is 16.1. The SMILES string of the molecule is Cc1cc(CN2C[C@@H]3C[C@H](C2)c2ccc(CN4CCCC4)c(=O)n2C3)n(C)n1. The lowest BCUT2D eigenvalue weighted by Crippen LogP contribution is -2.47. The number of piperidine rings is 1. The van der Waals surface area contributed by atoms with Crippen LogP contribution >= 0.6 is 0 Å². The Morgan fingerprint density at radius 3 is 2.64 bits per heavy atom. The van der Waals surface area contributed by atoms with E-state index in [1.54, 1.807) is 0 Å². The zero-order valence-electron chi connectivity index (χ0n) is 17.1. The Hall–Kier alpha value is -1.92. The van der Waals surface area contributed by atoms with Gasteiger partial charge in [0.25, 0.3) is 5.56 Å². The molecule has 5 rings (SSSR count). The van der Waals surface area contributed by atoms with Gasteiger partial charge in [0, 0.05) is 56.9 Å². The molecule has 3 aliphatic heterocycles. The van der Waals surface area contributed by atoms with Crippen LogP contribution in [0.25, 0.3) is 0 Å². The van der Waals surface area contributed by atoms with Crippen molar-refractivity contribution in [3.63, 3.8) is 0 Å². The Morgan fingerprint density at radius 2 is 1.89 bits per heavy atom. The molecule has 150 valence electrons. The molecule has 3 aliphatic rings. The molecule has 2 bridgehead atoms. The summed E-state index contributed by atoms with van der Waals surface area (Å²) in [5.41, 5.74) is 4.84. The molecular weight excluding hydrogens is 350 g/mol. The number of nitrogens with zero attached hydrogens (tertiary/aromatic N) is 5. The molecule has 2 aromatic heterocycles. The molecule has 2 saturated heterocycles. The average Bonchev–Trinajstić information content (AvgIpc) is 3.27. The van der Waals surface area contributed by atoms with Gasteiger partial charge in [-0.05, 0) is 57.3 Å². The fourth-order valence-corrected chi connectivity index (χ4v) is 5.56. The lowest BCUT2D eigenvalue weighted by Gasteiger charge is -2.43. The van der Waals surface area contributed by atoms with Crippen LogP contribution in [-0.2, 0) is 26.7 Å². The van der Waals surface area contributed by atoms with E-state index in [9.17, 15) is 4.79 Å². The zero-order chi connectivity index (χ0) is 19.3. The maximum Gasteiger partial charge on any atom is 0.255 e. The highest BCUT2D eigenvalue weighted by Gasteiger charge is 2.35. The third kappa shape index (κ3) is 3.33. The number of rotatable bonds is 4. The Labute approximate surface area is 166 Å². The molecule has 0 amide bonds. The highest BCUT2D eigenvalue weighted by molar-refractivity contribution is 5.22. The summed E-state index contributed by atoms with van der Waals surface area (Å²) >= 11 is 0. The lowest BCUT2D eigenvalue weighted by atomic mass is 9.83. The lowest BCUT2D eigenvalue weighted by molar-refractivity contribution is 0.112. The number of aromatic nitrogens is 3. The number of hydrogen-bond donors (Lipinski definition) is 0. The molecule has 0 aliphatic carbocycles. The molecule has 0 N–H and O–H groups in total. The first kappa shape index (κ1) is 18.1. The fourth-order valence-electron chi connectivity index (χ4n) is 5.56. The molecule has 6 nitrogen and oxygen atoms in total. The van der Waals surface area contributed by atoms with Crippen molar-refractivity contribution >= 4 is 0 Å². The molecule has 0 aromatic carbocycles. The van der Waals surface area contributed by atoms with E-state index >= 15 is 0 Å². The minimum absolute atomic E-state index is 0.259. The van der Waals surface area contributed by atoms with E-state index in [0.29, 0.717) is 11.8 Å². The zero-order valence-corrected chi connectivity index (χ0v) is 17.1. The van der Waals surface area contributed by atoms with Gasteiger partial charge < -0.3 is 4.57 Å². The normalized spacial score (nSPS) is 25.2. The van der Waals surface area contributed by atoms with Crippen LogP contribution in [0.4, 0.5) is 0 Å². The molecule has 5 heterocycles. The van der Waals surface area contributed by atoms with Crippen LogP contribution in [-0.4, -0.2) is 50.3 Å². The predicted octanol–water partition coefficient (Wildman–Crippen LogP) is 2.11. The molecule has 0 spiro atoms. The van der Waals surface area contributed by atoms with Crippen LogP contribution in [0.5, 0.6) is 0 Å². The van der Waals surface area contributed by atoms with Crippen molar-refractivity contribution < 1.29 is 0 Å². The summed E-state index contributed by atoms with van der Waals surface area (Å²) < 4.78 is 4.11. The van der Waals surface area contributed by atoms with E-state index in [4.69, 9.17) is 0 Å². The number of aryl methyl sites for hydroxylation is 2. The summed E-state index contributed by atoms with van der Waals surface area (Å²) in [4.78, 5) is 18.1. The predicted molar refractivity (Wildman–Crippen MR) is 109 cm³/mol. The second kappa shape index (κ2) is 7.16. The third-order valence-corrected chi connectivity index (χ3v) is 6.84. The number of likely N-dealkylation sites (tertiary alicyclic amines) is 2. The van der Waals surface area contributed by atoms with E-state index in [0.717, 1.165) is 57.1 Å². The molecule has 0 radical (unpaired) electrons. The number of hydrogen-bond acceptors (Lipinski definition) is 4. The highest BCUT2D eigenvalue weighted by Crippen LogP contribution is 2.35. The first-order chi connectivity index (χ1) is 13.6. The summed E-state index contributed by atoms with van der Waals surface area (Å²) in [6, 6.07) is 6.54. The Bertz CT molecular complexity index is 923. The minimum atomic E-state index is 0.259. The second-order valence-corrected chi connectivity index (χ2v) is 9.08. The van der Waals surface area contributed by atoms with Gasteiger partial charge >= 0.3 is 0 Å². The number of fused-ring (bicyclic) bond motifs is 4. The van der Waals surface area contributed by atoms with Gasteiger partial charge in [0.15, 0.2) is 0 Å². The molecule has 28 heavy (non-hydrogen) atoms. The first-order valence-corrected chi connectivity index (χ1v) is 10.7. The van der Waals surface area contributed by atoms with E-state index in [-0.39, 0.29) is 5.56 Å². The van der Waals surface area contributed by atoms with Crippen LogP contribution < -0.4 is 5.56 Å². The maximum absolute atomic E-state index is 13.2. The van der Waals surface area contributed by atoms with Gasteiger partial charge in [0.2, 0.25) is 0 Å². The summed E-state index contributed by atoms with van der Waals surface area (Å²) in [6.07, 6.45) is 3.75. The molecule has 2 atom stereocenters. The van der Waals surface area contributed by atoms with Crippen molar-refractivity contribution in [2.75, 3.05) is 26.2 Å². The molecule has 6 heteroatoms.